The maximum atomic E-state index is 14.3. The molecule has 1 N–H and O–H groups in total. The number of hydrogen-bond donors (Lipinski definition) is 1. The third-order valence-corrected chi connectivity index (χ3v) is 7.50. The second kappa shape index (κ2) is 5.32. The van der Waals surface area contributed by atoms with Crippen LogP contribution in [-0.2, 0) is 11.2 Å². The van der Waals surface area contributed by atoms with Crippen molar-refractivity contribution in [3.05, 3.63) is 29.1 Å². The van der Waals surface area contributed by atoms with Crippen LogP contribution in [0, 0.1) is 29.0 Å². The van der Waals surface area contributed by atoms with Gasteiger partial charge in [-0.25, -0.2) is 4.39 Å². The van der Waals surface area contributed by atoms with E-state index in [1.54, 1.807) is 6.07 Å². The van der Waals surface area contributed by atoms with Gasteiger partial charge in [0.2, 0.25) is 6.41 Å². The van der Waals surface area contributed by atoms with E-state index < -0.39 is 0 Å². The topological polar surface area (TPSA) is 29.1 Å². The second-order valence-corrected chi connectivity index (χ2v) is 8.23. The Hall–Kier alpha value is -1.38. The molecule has 2 saturated carbocycles. The van der Waals surface area contributed by atoms with Crippen LogP contribution in [0.5, 0.6) is 0 Å². The van der Waals surface area contributed by atoms with Gasteiger partial charge in [0.05, 0.1) is 5.69 Å². The van der Waals surface area contributed by atoms with Crippen molar-refractivity contribution in [1.82, 2.24) is 0 Å². The van der Waals surface area contributed by atoms with E-state index in [0.717, 1.165) is 24.2 Å². The third kappa shape index (κ3) is 2.15. The molecule has 0 heterocycles. The standard InChI is InChI=1S/C20H26FNO/c1-12-3-6-17-15-5-4-13-9-19(22-11-23)18(21)10-16(13)14(15)7-8-20(12,17)2/h9-12,14-15,17H,3-8H2,1-2H3,(H,22,23). The summed E-state index contributed by atoms with van der Waals surface area (Å²) in [4.78, 5) is 10.6. The predicted molar refractivity (Wildman–Crippen MR) is 89.9 cm³/mol. The summed E-state index contributed by atoms with van der Waals surface area (Å²) in [6.45, 7) is 4.92. The van der Waals surface area contributed by atoms with Gasteiger partial charge in [-0.05, 0) is 90.9 Å². The number of hydrogen-bond acceptors (Lipinski definition) is 1. The van der Waals surface area contributed by atoms with Crippen LogP contribution >= 0.6 is 0 Å². The fraction of sp³-hybridized carbons (Fsp3) is 0.650. The minimum absolute atomic E-state index is 0.287. The van der Waals surface area contributed by atoms with Crippen molar-refractivity contribution < 1.29 is 9.18 Å². The van der Waals surface area contributed by atoms with Gasteiger partial charge in [0.25, 0.3) is 0 Å². The first-order valence-electron chi connectivity index (χ1n) is 9.07. The largest absolute Gasteiger partial charge is 0.326 e. The van der Waals surface area contributed by atoms with E-state index >= 15 is 0 Å². The molecule has 5 unspecified atom stereocenters. The quantitative estimate of drug-likeness (QED) is 0.774. The first-order valence-corrected chi connectivity index (χ1v) is 9.07. The van der Waals surface area contributed by atoms with Gasteiger partial charge in [0, 0.05) is 0 Å². The molecule has 1 amide bonds. The van der Waals surface area contributed by atoms with Gasteiger partial charge in [-0.1, -0.05) is 13.8 Å². The van der Waals surface area contributed by atoms with Gasteiger partial charge in [-0.15, -0.1) is 0 Å². The highest BCUT2D eigenvalue weighted by Gasteiger charge is 2.53. The van der Waals surface area contributed by atoms with Crippen molar-refractivity contribution in [3.63, 3.8) is 0 Å². The Balaban J connectivity index is 1.69. The van der Waals surface area contributed by atoms with Crippen molar-refractivity contribution >= 4 is 12.1 Å². The highest BCUT2D eigenvalue weighted by atomic mass is 19.1. The molecule has 0 saturated heterocycles. The van der Waals surface area contributed by atoms with E-state index in [0.29, 0.717) is 23.4 Å². The molecule has 0 aliphatic heterocycles. The lowest BCUT2D eigenvalue weighted by atomic mass is 9.54. The van der Waals surface area contributed by atoms with Gasteiger partial charge in [-0.2, -0.15) is 0 Å². The van der Waals surface area contributed by atoms with Crippen LogP contribution in [0.15, 0.2) is 12.1 Å². The Kier molecular flexibility index (Phi) is 3.51. The zero-order valence-corrected chi connectivity index (χ0v) is 14.1. The number of rotatable bonds is 2. The number of carbonyl (C=O) groups is 1. The van der Waals surface area contributed by atoms with E-state index in [2.05, 4.69) is 19.2 Å². The zero-order valence-electron chi connectivity index (χ0n) is 14.1. The summed E-state index contributed by atoms with van der Waals surface area (Å²) >= 11 is 0. The summed E-state index contributed by atoms with van der Waals surface area (Å²) in [5, 5.41) is 2.49. The number of anilines is 1. The lowest BCUT2D eigenvalue weighted by Gasteiger charge is -2.50. The summed E-state index contributed by atoms with van der Waals surface area (Å²) in [7, 11) is 0. The maximum Gasteiger partial charge on any atom is 0.211 e. The van der Waals surface area contributed by atoms with Crippen LogP contribution in [0.1, 0.15) is 63.0 Å². The average Bonchev–Trinajstić information content (AvgIpc) is 2.84. The summed E-state index contributed by atoms with van der Waals surface area (Å²) in [6.07, 6.45) is 7.96. The number of carbonyl (C=O) groups excluding carboxylic acids is 1. The molecule has 2 nitrogen and oxygen atoms in total. The highest BCUT2D eigenvalue weighted by Crippen LogP contribution is 2.62. The van der Waals surface area contributed by atoms with Crippen molar-refractivity contribution in [3.8, 4) is 0 Å². The Morgan fingerprint density at radius 3 is 2.87 bits per heavy atom. The average molecular weight is 315 g/mol. The van der Waals surface area contributed by atoms with Crippen LogP contribution in [-0.4, -0.2) is 6.41 Å². The Bertz CT molecular complexity index is 643. The van der Waals surface area contributed by atoms with Gasteiger partial charge in [0.1, 0.15) is 5.82 Å². The van der Waals surface area contributed by atoms with E-state index in [-0.39, 0.29) is 5.82 Å². The monoisotopic (exact) mass is 315 g/mol. The molecule has 2 fully saturated rings. The van der Waals surface area contributed by atoms with E-state index in [9.17, 15) is 9.18 Å². The molecule has 3 aliphatic carbocycles. The third-order valence-electron chi connectivity index (χ3n) is 7.50. The fourth-order valence-electron chi connectivity index (χ4n) is 6.03. The molecule has 23 heavy (non-hydrogen) atoms. The lowest BCUT2D eigenvalue weighted by molar-refractivity contribution is -0.105. The molecule has 3 aliphatic rings. The van der Waals surface area contributed by atoms with E-state index in [1.165, 1.54) is 43.2 Å². The van der Waals surface area contributed by atoms with Gasteiger partial charge in [-0.3, -0.25) is 4.79 Å². The number of amides is 1. The van der Waals surface area contributed by atoms with Crippen LogP contribution in [0.2, 0.25) is 0 Å². The Morgan fingerprint density at radius 1 is 1.26 bits per heavy atom. The second-order valence-electron chi connectivity index (χ2n) is 8.23. The minimum atomic E-state index is -0.287. The van der Waals surface area contributed by atoms with Gasteiger partial charge >= 0.3 is 0 Å². The molecule has 0 radical (unpaired) electrons. The van der Waals surface area contributed by atoms with Crippen molar-refractivity contribution in [2.75, 3.05) is 5.32 Å². The van der Waals surface area contributed by atoms with Crippen LogP contribution < -0.4 is 5.32 Å². The lowest BCUT2D eigenvalue weighted by Crippen LogP contribution is -2.41. The zero-order chi connectivity index (χ0) is 16.2. The smallest absolute Gasteiger partial charge is 0.211 e. The van der Waals surface area contributed by atoms with Crippen molar-refractivity contribution in [1.29, 1.82) is 0 Å². The number of benzene rings is 1. The Morgan fingerprint density at radius 2 is 2.09 bits per heavy atom. The first kappa shape index (κ1) is 15.2. The first-order chi connectivity index (χ1) is 11.0. The van der Waals surface area contributed by atoms with Crippen molar-refractivity contribution in [2.45, 2.75) is 58.3 Å². The number of halogens is 1. The van der Waals surface area contributed by atoms with Crippen LogP contribution in [0.25, 0.3) is 0 Å². The molecule has 1 aromatic rings. The summed E-state index contributed by atoms with van der Waals surface area (Å²) in [5.41, 5.74) is 3.28. The minimum Gasteiger partial charge on any atom is -0.326 e. The number of nitrogens with one attached hydrogen (secondary N) is 1. The molecule has 0 aromatic heterocycles. The van der Waals surface area contributed by atoms with Gasteiger partial charge in [0.15, 0.2) is 0 Å². The number of fused-ring (bicyclic) bond motifs is 5. The molecule has 4 rings (SSSR count). The van der Waals surface area contributed by atoms with Crippen LogP contribution in [0.3, 0.4) is 0 Å². The summed E-state index contributed by atoms with van der Waals surface area (Å²) in [6, 6.07) is 3.57. The normalized spacial score (nSPS) is 38.4. The van der Waals surface area contributed by atoms with E-state index in [4.69, 9.17) is 0 Å². The van der Waals surface area contributed by atoms with E-state index in [1.807, 2.05) is 6.07 Å². The highest BCUT2D eigenvalue weighted by molar-refractivity contribution is 5.72. The molecule has 1 aromatic carbocycles. The maximum absolute atomic E-state index is 14.3. The molecule has 5 atom stereocenters. The predicted octanol–water partition coefficient (Wildman–Crippen LogP) is 4.89. The molecule has 124 valence electrons. The molecule has 0 bridgehead atoms. The fourth-order valence-corrected chi connectivity index (χ4v) is 6.03. The summed E-state index contributed by atoms with van der Waals surface area (Å²) in [5.74, 6) is 2.58. The molecule has 0 spiro atoms. The SMILES string of the molecule is CC1CCC2C3CCc4cc(NC=O)c(F)cc4C3CCC12C. The van der Waals surface area contributed by atoms with Crippen LogP contribution in [0.4, 0.5) is 10.1 Å². The molecule has 3 heteroatoms. The summed E-state index contributed by atoms with van der Waals surface area (Å²) < 4.78 is 14.3. The number of aryl methyl sites for hydroxylation is 1. The molecular formula is C20H26FNO. The Labute approximate surface area is 137 Å². The van der Waals surface area contributed by atoms with Gasteiger partial charge < -0.3 is 5.32 Å². The molecular weight excluding hydrogens is 289 g/mol. The van der Waals surface area contributed by atoms with Crippen molar-refractivity contribution in [2.24, 2.45) is 23.2 Å².